The molecule has 0 radical (unpaired) electrons. The predicted octanol–water partition coefficient (Wildman–Crippen LogP) is 4.22. The maximum atomic E-state index is 13.0. The number of benzene rings is 2. The minimum absolute atomic E-state index is 0.0903. The molecule has 4 rings (SSSR count). The van der Waals surface area contributed by atoms with Gasteiger partial charge in [0, 0.05) is 37.4 Å². The van der Waals surface area contributed by atoms with Crippen molar-refractivity contribution in [3.63, 3.8) is 0 Å². The van der Waals surface area contributed by atoms with E-state index in [1.54, 1.807) is 18.2 Å². The average Bonchev–Trinajstić information content (AvgIpc) is 3.15. The van der Waals surface area contributed by atoms with Gasteiger partial charge in [0.05, 0.1) is 26.9 Å². The predicted molar refractivity (Wildman–Crippen MR) is 105 cm³/mol. The fourth-order valence-corrected chi connectivity index (χ4v) is 3.63. The minimum Gasteiger partial charge on any atom is -0.454 e. The van der Waals surface area contributed by atoms with Crippen molar-refractivity contribution in [2.24, 2.45) is 0 Å². The van der Waals surface area contributed by atoms with E-state index in [4.69, 9.17) is 21.1 Å². The smallest absolute Gasteiger partial charge is 0.270 e. The van der Waals surface area contributed by atoms with Crippen molar-refractivity contribution in [3.05, 3.63) is 51.0 Å². The number of nitrogens with one attached hydrogen (secondary N) is 1. The van der Waals surface area contributed by atoms with Gasteiger partial charge in [-0.1, -0.05) is 11.6 Å². The number of fused-ring (bicyclic) bond motifs is 1. The number of nitro groups is 1. The van der Waals surface area contributed by atoms with Gasteiger partial charge < -0.3 is 19.7 Å². The van der Waals surface area contributed by atoms with Crippen LogP contribution < -0.4 is 19.7 Å². The Morgan fingerprint density at radius 2 is 1.82 bits per heavy atom. The molecule has 0 spiro atoms. The van der Waals surface area contributed by atoms with Crippen molar-refractivity contribution in [1.29, 1.82) is 0 Å². The van der Waals surface area contributed by atoms with Gasteiger partial charge in [-0.05, 0) is 25.3 Å². The number of anilines is 2. The summed E-state index contributed by atoms with van der Waals surface area (Å²) in [5.41, 5.74) is 1.14. The highest BCUT2D eigenvalue weighted by atomic mass is 35.5. The van der Waals surface area contributed by atoms with Gasteiger partial charge in [-0.25, -0.2) is 0 Å². The van der Waals surface area contributed by atoms with Crippen molar-refractivity contribution < 1.29 is 19.2 Å². The van der Waals surface area contributed by atoms with Crippen LogP contribution in [0.1, 0.15) is 29.6 Å². The number of carbonyl (C=O) groups excluding carboxylic acids is 1. The van der Waals surface area contributed by atoms with Crippen LogP contribution in [0.3, 0.4) is 0 Å². The molecule has 0 aromatic heterocycles. The zero-order chi connectivity index (χ0) is 19.7. The van der Waals surface area contributed by atoms with E-state index in [2.05, 4.69) is 10.2 Å². The van der Waals surface area contributed by atoms with Crippen LogP contribution in [-0.4, -0.2) is 30.7 Å². The molecular weight excluding hydrogens is 386 g/mol. The second-order valence-corrected chi connectivity index (χ2v) is 7.05. The minimum atomic E-state index is -0.510. The van der Waals surface area contributed by atoms with Gasteiger partial charge in [-0.3, -0.25) is 14.9 Å². The lowest BCUT2D eigenvalue weighted by Gasteiger charge is -2.30. The van der Waals surface area contributed by atoms with Crippen molar-refractivity contribution in [2.45, 2.75) is 19.3 Å². The average molecular weight is 404 g/mol. The first-order valence-corrected chi connectivity index (χ1v) is 9.34. The van der Waals surface area contributed by atoms with E-state index < -0.39 is 10.8 Å². The molecule has 2 aliphatic heterocycles. The molecule has 2 aliphatic rings. The number of nitrogens with zero attached hydrogens (tertiary/aromatic N) is 2. The van der Waals surface area contributed by atoms with Crippen LogP contribution in [0.25, 0.3) is 0 Å². The number of hydrogen-bond donors (Lipinski definition) is 1. The number of nitro benzene ring substituents is 1. The number of ether oxygens (including phenoxy) is 2. The molecule has 2 heterocycles. The number of piperidine rings is 1. The fraction of sp³-hybridized carbons (Fsp3) is 0.316. The third-order valence-corrected chi connectivity index (χ3v) is 5.16. The van der Waals surface area contributed by atoms with Crippen LogP contribution in [0.15, 0.2) is 30.3 Å². The summed E-state index contributed by atoms with van der Waals surface area (Å²) >= 11 is 6.24. The third kappa shape index (κ3) is 3.55. The van der Waals surface area contributed by atoms with Gasteiger partial charge in [-0.15, -0.1) is 0 Å². The summed E-state index contributed by atoms with van der Waals surface area (Å²) < 4.78 is 10.6. The lowest BCUT2D eigenvalue weighted by atomic mass is 10.1. The van der Waals surface area contributed by atoms with Gasteiger partial charge in [0.2, 0.25) is 6.79 Å². The number of rotatable bonds is 4. The molecule has 9 heteroatoms. The highest BCUT2D eigenvalue weighted by Gasteiger charge is 2.24. The van der Waals surface area contributed by atoms with E-state index in [9.17, 15) is 14.9 Å². The van der Waals surface area contributed by atoms with E-state index >= 15 is 0 Å². The summed E-state index contributed by atoms with van der Waals surface area (Å²) in [6.45, 7) is 1.71. The van der Waals surface area contributed by atoms with Crippen LogP contribution in [0.5, 0.6) is 11.5 Å². The van der Waals surface area contributed by atoms with E-state index in [0.717, 1.165) is 32.4 Å². The molecular formula is C19H18ClN3O5. The Morgan fingerprint density at radius 3 is 2.54 bits per heavy atom. The summed E-state index contributed by atoms with van der Waals surface area (Å²) in [6, 6.07) is 7.52. The van der Waals surface area contributed by atoms with Crippen molar-refractivity contribution in [1.82, 2.24) is 0 Å². The zero-order valence-corrected chi connectivity index (χ0v) is 15.7. The molecule has 1 amide bonds. The number of non-ortho nitro benzene ring substituents is 1. The monoisotopic (exact) mass is 403 g/mol. The second kappa shape index (κ2) is 7.55. The van der Waals surface area contributed by atoms with E-state index in [0.29, 0.717) is 27.9 Å². The number of carbonyl (C=O) groups is 1. The van der Waals surface area contributed by atoms with Crippen molar-refractivity contribution in [2.75, 3.05) is 30.1 Å². The first-order chi connectivity index (χ1) is 13.5. The van der Waals surface area contributed by atoms with E-state index in [-0.39, 0.29) is 18.0 Å². The lowest BCUT2D eigenvalue weighted by Crippen LogP contribution is -2.31. The highest BCUT2D eigenvalue weighted by Crippen LogP contribution is 2.39. The lowest BCUT2D eigenvalue weighted by molar-refractivity contribution is -0.384. The molecule has 0 atom stereocenters. The Bertz CT molecular complexity index is 943. The SMILES string of the molecule is O=C(Nc1cc2c(cc1Cl)OCO2)c1cc([N+](=O)[O-])ccc1N1CCCCC1. The Morgan fingerprint density at radius 1 is 1.11 bits per heavy atom. The molecule has 2 aromatic carbocycles. The maximum absolute atomic E-state index is 13.0. The largest absolute Gasteiger partial charge is 0.454 e. The molecule has 1 N–H and O–H groups in total. The summed E-state index contributed by atoms with van der Waals surface area (Å²) in [5.74, 6) is 0.521. The molecule has 1 fully saturated rings. The molecule has 0 unspecified atom stereocenters. The third-order valence-electron chi connectivity index (χ3n) is 4.84. The molecule has 2 aromatic rings. The van der Waals surface area contributed by atoms with E-state index in [1.807, 2.05) is 0 Å². The normalized spacial score (nSPS) is 15.4. The molecule has 1 saturated heterocycles. The van der Waals surface area contributed by atoms with Crippen LogP contribution in [-0.2, 0) is 0 Å². The Labute approximate surface area is 166 Å². The summed E-state index contributed by atoms with van der Waals surface area (Å²) in [6.07, 6.45) is 3.18. The van der Waals surface area contributed by atoms with E-state index in [1.165, 1.54) is 12.1 Å². The summed E-state index contributed by atoms with van der Waals surface area (Å²) in [4.78, 5) is 25.8. The van der Waals surface area contributed by atoms with Gasteiger partial charge in [-0.2, -0.15) is 0 Å². The summed E-state index contributed by atoms with van der Waals surface area (Å²) in [5, 5.41) is 14.3. The first-order valence-electron chi connectivity index (χ1n) is 8.97. The van der Waals surface area contributed by atoms with Crippen molar-refractivity contribution in [3.8, 4) is 11.5 Å². The van der Waals surface area contributed by atoms with Crippen LogP contribution in [0.4, 0.5) is 17.1 Å². The topological polar surface area (TPSA) is 93.9 Å². The van der Waals surface area contributed by atoms with Gasteiger partial charge in [0.1, 0.15) is 0 Å². The maximum Gasteiger partial charge on any atom is 0.270 e. The second-order valence-electron chi connectivity index (χ2n) is 6.65. The fourth-order valence-electron chi connectivity index (χ4n) is 3.43. The number of amides is 1. The van der Waals surface area contributed by atoms with Gasteiger partial charge in [0.15, 0.2) is 11.5 Å². The Kier molecular flexibility index (Phi) is 4.95. The number of halogens is 1. The van der Waals surface area contributed by atoms with Crippen LogP contribution in [0, 0.1) is 10.1 Å². The highest BCUT2D eigenvalue weighted by molar-refractivity contribution is 6.34. The molecule has 28 heavy (non-hydrogen) atoms. The van der Waals surface area contributed by atoms with Gasteiger partial charge in [0.25, 0.3) is 11.6 Å². The zero-order valence-electron chi connectivity index (χ0n) is 14.9. The summed E-state index contributed by atoms with van der Waals surface area (Å²) in [7, 11) is 0. The Hall–Kier alpha value is -3.00. The molecule has 0 saturated carbocycles. The Balaban J connectivity index is 1.67. The van der Waals surface area contributed by atoms with Crippen molar-refractivity contribution >= 4 is 34.6 Å². The molecule has 0 bridgehead atoms. The number of hydrogen-bond acceptors (Lipinski definition) is 6. The van der Waals surface area contributed by atoms with Crippen LogP contribution in [0.2, 0.25) is 5.02 Å². The first kappa shape index (κ1) is 18.4. The van der Waals surface area contributed by atoms with Crippen LogP contribution >= 0.6 is 11.6 Å². The molecule has 146 valence electrons. The quantitative estimate of drug-likeness (QED) is 0.606. The van der Waals surface area contributed by atoms with Gasteiger partial charge >= 0.3 is 0 Å². The molecule has 8 nitrogen and oxygen atoms in total. The molecule has 0 aliphatic carbocycles. The standard InChI is InChI=1S/C19H18ClN3O5/c20-14-9-17-18(28-11-27-17)10-15(14)21-19(24)13-8-12(23(25)26)4-5-16(13)22-6-2-1-3-7-22/h4-5,8-10H,1-3,6-7,11H2,(H,21,24).